The molecule has 1 atom stereocenters. The summed E-state index contributed by atoms with van der Waals surface area (Å²) in [6.45, 7) is 12.5. The van der Waals surface area contributed by atoms with E-state index in [4.69, 9.17) is 12.2 Å². The molecule has 0 aromatic heterocycles. The van der Waals surface area contributed by atoms with Gasteiger partial charge in [0, 0.05) is 6.04 Å². The van der Waals surface area contributed by atoms with Crippen molar-refractivity contribution in [2.45, 2.75) is 54.0 Å². The van der Waals surface area contributed by atoms with Crippen molar-refractivity contribution in [3.8, 4) is 0 Å². The van der Waals surface area contributed by atoms with Crippen LogP contribution in [0.2, 0.25) is 0 Å². The van der Waals surface area contributed by atoms with E-state index in [2.05, 4.69) is 26.1 Å². The first-order chi connectivity index (χ1) is 5.57. The molecule has 0 heterocycles. The molecule has 0 radical (unpaired) electrons. The molecule has 1 unspecified atom stereocenters. The minimum atomic E-state index is 0.553. The zero-order valence-corrected chi connectivity index (χ0v) is 10.1. The van der Waals surface area contributed by atoms with Crippen molar-refractivity contribution >= 4 is 17.2 Å². The lowest BCUT2D eigenvalue weighted by Crippen LogP contribution is -2.35. The lowest BCUT2D eigenvalue weighted by molar-refractivity contribution is 0.443. The maximum atomic E-state index is 4.95. The van der Waals surface area contributed by atoms with Crippen LogP contribution in [0.4, 0.5) is 0 Å². The van der Waals surface area contributed by atoms with E-state index < -0.39 is 0 Å². The molecule has 0 aliphatic rings. The number of thiocarbonyl (C=S) groups is 1. The summed E-state index contributed by atoms with van der Waals surface area (Å²) in [5.41, 5.74) is 0. The van der Waals surface area contributed by atoms with Crippen LogP contribution in [0.25, 0.3) is 0 Å². The van der Waals surface area contributed by atoms with Crippen LogP contribution in [0, 0.1) is 5.92 Å². The Bertz CT molecular complexity index is 110. The summed E-state index contributed by atoms with van der Waals surface area (Å²) in [5.74, 6) is 0.669. The molecule has 0 saturated heterocycles. The number of rotatable bonds is 3. The first kappa shape index (κ1) is 14.4. The van der Waals surface area contributed by atoms with Gasteiger partial charge in [-0.1, -0.05) is 46.8 Å². The fourth-order valence-electron chi connectivity index (χ4n) is 1.00. The predicted octanol–water partition coefficient (Wildman–Crippen LogP) is 3.38. The Balaban J connectivity index is 0. The van der Waals surface area contributed by atoms with E-state index >= 15 is 0 Å². The summed E-state index contributed by atoms with van der Waals surface area (Å²) >= 11 is 4.95. The van der Waals surface area contributed by atoms with Gasteiger partial charge in [0.2, 0.25) is 0 Å². The molecule has 0 rings (SSSR count). The molecule has 1 N–H and O–H groups in total. The Hall–Kier alpha value is -0.110. The molecule has 74 valence electrons. The van der Waals surface area contributed by atoms with Crippen LogP contribution in [0.15, 0.2) is 0 Å². The van der Waals surface area contributed by atoms with Gasteiger partial charge in [0.25, 0.3) is 0 Å². The van der Waals surface area contributed by atoms with Crippen LogP contribution in [0.5, 0.6) is 0 Å². The average molecular weight is 189 g/mol. The van der Waals surface area contributed by atoms with Crippen molar-refractivity contribution in [3.05, 3.63) is 0 Å². The third-order valence-corrected chi connectivity index (χ3v) is 1.75. The van der Waals surface area contributed by atoms with Crippen molar-refractivity contribution in [2.24, 2.45) is 5.92 Å². The largest absolute Gasteiger partial charge is 0.377 e. The quantitative estimate of drug-likeness (QED) is 0.683. The zero-order chi connectivity index (χ0) is 10.1. The van der Waals surface area contributed by atoms with Crippen molar-refractivity contribution in [1.82, 2.24) is 5.32 Å². The first-order valence-corrected chi connectivity index (χ1v) is 5.25. The Morgan fingerprint density at radius 3 is 1.83 bits per heavy atom. The monoisotopic (exact) mass is 189 g/mol. The lowest BCUT2D eigenvalue weighted by atomic mass is 10.0. The number of hydrogen-bond acceptors (Lipinski definition) is 1. The molecule has 0 saturated carbocycles. The second kappa shape index (κ2) is 8.98. The van der Waals surface area contributed by atoms with Gasteiger partial charge in [-0.05, 0) is 19.3 Å². The summed E-state index contributed by atoms with van der Waals surface area (Å²) in [6.07, 6.45) is 1.14. The molecule has 0 aromatic carbocycles. The fraction of sp³-hybridized carbons (Fsp3) is 0.900. The summed E-state index contributed by atoms with van der Waals surface area (Å²) in [6, 6.07) is 0.553. The van der Waals surface area contributed by atoms with Crippen molar-refractivity contribution < 1.29 is 0 Å². The first-order valence-electron chi connectivity index (χ1n) is 4.85. The predicted molar refractivity (Wildman–Crippen MR) is 61.7 cm³/mol. The minimum Gasteiger partial charge on any atom is -0.377 e. The fourth-order valence-corrected chi connectivity index (χ4v) is 1.15. The van der Waals surface area contributed by atoms with E-state index in [1.54, 1.807) is 0 Å². The van der Waals surface area contributed by atoms with Crippen LogP contribution in [-0.4, -0.2) is 11.0 Å². The topological polar surface area (TPSA) is 12.0 Å². The van der Waals surface area contributed by atoms with Gasteiger partial charge in [0.15, 0.2) is 0 Å². The van der Waals surface area contributed by atoms with Gasteiger partial charge in [-0.2, -0.15) is 0 Å². The minimum absolute atomic E-state index is 0.553. The standard InChI is InChI=1S/C8H17NS.C2H6/c1-5-8(6(2)3)9-7(4)10;1-2/h6,8H,5H2,1-4H3,(H,9,10);1-2H3. The van der Waals surface area contributed by atoms with Gasteiger partial charge in [0.05, 0.1) is 4.99 Å². The highest BCUT2D eigenvalue weighted by molar-refractivity contribution is 7.80. The molecule has 12 heavy (non-hydrogen) atoms. The summed E-state index contributed by atoms with van der Waals surface area (Å²) in [4.78, 5) is 0.903. The van der Waals surface area contributed by atoms with Gasteiger partial charge in [-0.25, -0.2) is 0 Å². The summed E-state index contributed by atoms with van der Waals surface area (Å²) in [5, 5.41) is 3.26. The van der Waals surface area contributed by atoms with Crippen molar-refractivity contribution in [2.75, 3.05) is 0 Å². The SMILES string of the molecule is CC.CCC(NC(C)=S)C(C)C. The third-order valence-electron chi connectivity index (χ3n) is 1.63. The van der Waals surface area contributed by atoms with Crippen molar-refractivity contribution in [1.29, 1.82) is 0 Å². The summed E-state index contributed by atoms with van der Waals surface area (Å²) in [7, 11) is 0. The highest BCUT2D eigenvalue weighted by Gasteiger charge is 2.09. The Morgan fingerprint density at radius 2 is 1.75 bits per heavy atom. The van der Waals surface area contributed by atoms with E-state index in [-0.39, 0.29) is 0 Å². The van der Waals surface area contributed by atoms with Gasteiger partial charge < -0.3 is 5.32 Å². The van der Waals surface area contributed by atoms with Crippen LogP contribution < -0.4 is 5.32 Å². The average Bonchev–Trinajstić information content (AvgIpc) is 2.03. The normalized spacial score (nSPS) is 11.6. The molecule has 0 fully saturated rings. The molecule has 2 heteroatoms. The molecule has 0 bridgehead atoms. The second-order valence-electron chi connectivity index (χ2n) is 2.96. The van der Waals surface area contributed by atoms with E-state index in [0.29, 0.717) is 12.0 Å². The summed E-state index contributed by atoms with van der Waals surface area (Å²) < 4.78 is 0. The lowest BCUT2D eigenvalue weighted by Gasteiger charge is -2.20. The molecule has 0 aliphatic heterocycles. The molecule has 0 spiro atoms. The van der Waals surface area contributed by atoms with E-state index in [1.165, 1.54) is 0 Å². The van der Waals surface area contributed by atoms with Crippen LogP contribution in [0.1, 0.15) is 48.0 Å². The highest BCUT2D eigenvalue weighted by Crippen LogP contribution is 2.04. The van der Waals surface area contributed by atoms with Gasteiger partial charge in [-0.15, -0.1) is 0 Å². The zero-order valence-electron chi connectivity index (χ0n) is 9.27. The number of nitrogens with one attached hydrogen (secondary N) is 1. The van der Waals surface area contributed by atoms with Gasteiger partial charge >= 0.3 is 0 Å². The van der Waals surface area contributed by atoms with E-state index in [1.807, 2.05) is 20.8 Å². The maximum absolute atomic E-state index is 4.95. The van der Waals surface area contributed by atoms with Crippen LogP contribution in [0.3, 0.4) is 0 Å². The Morgan fingerprint density at radius 1 is 1.33 bits per heavy atom. The van der Waals surface area contributed by atoms with Gasteiger partial charge in [-0.3, -0.25) is 0 Å². The maximum Gasteiger partial charge on any atom is 0.0724 e. The second-order valence-corrected chi connectivity index (χ2v) is 3.57. The van der Waals surface area contributed by atoms with Crippen LogP contribution in [-0.2, 0) is 0 Å². The Labute approximate surface area is 82.9 Å². The van der Waals surface area contributed by atoms with Gasteiger partial charge in [0.1, 0.15) is 0 Å². The number of hydrogen-bond donors (Lipinski definition) is 1. The van der Waals surface area contributed by atoms with E-state index in [9.17, 15) is 0 Å². The third kappa shape index (κ3) is 7.99. The highest BCUT2D eigenvalue weighted by atomic mass is 32.1. The molecule has 0 amide bonds. The van der Waals surface area contributed by atoms with E-state index in [0.717, 1.165) is 11.4 Å². The molecule has 1 nitrogen and oxygen atoms in total. The molecular formula is C10H23NS. The molecule has 0 aliphatic carbocycles. The Kier molecular flexibility index (Phi) is 10.8. The smallest absolute Gasteiger partial charge is 0.0724 e. The molecular weight excluding hydrogens is 166 g/mol. The molecule has 0 aromatic rings. The van der Waals surface area contributed by atoms with Crippen LogP contribution >= 0.6 is 12.2 Å². The van der Waals surface area contributed by atoms with Crippen molar-refractivity contribution in [3.63, 3.8) is 0 Å².